The number of thiazole rings is 1. The molecule has 11 heteroatoms. The van der Waals surface area contributed by atoms with Crippen molar-refractivity contribution >= 4 is 39.9 Å². The maximum Gasteiger partial charge on any atom is 0.350 e. The molecule has 2 atom stereocenters. The van der Waals surface area contributed by atoms with E-state index in [-0.39, 0.29) is 29.8 Å². The molecule has 3 heterocycles. The summed E-state index contributed by atoms with van der Waals surface area (Å²) in [6.45, 7) is 10.1. The lowest BCUT2D eigenvalue weighted by molar-refractivity contribution is 0.0531. The fourth-order valence-corrected chi connectivity index (χ4v) is 4.90. The van der Waals surface area contributed by atoms with Gasteiger partial charge in [0.1, 0.15) is 4.88 Å². The molecule has 0 unspecified atom stereocenters. The minimum atomic E-state index is -0.335. The van der Waals surface area contributed by atoms with Crippen LogP contribution in [0.5, 0.6) is 0 Å². The van der Waals surface area contributed by atoms with E-state index in [2.05, 4.69) is 30.5 Å². The van der Waals surface area contributed by atoms with Gasteiger partial charge in [-0.05, 0) is 33.2 Å². The molecule has 3 N–H and O–H groups in total. The lowest BCUT2D eigenvalue weighted by Crippen LogP contribution is -2.59. The van der Waals surface area contributed by atoms with Gasteiger partial charge in [0.15, 0.2) is 16.1 Å². The first-order chi connectivity index (χ1) is 14.9. The summed E-state index contributed by atoms with van der Waals surface area (Å²) in [6, 6.07) is -0.0442. The third kappa shape index (κ3) is 5.36. The zero-order valence-corrected chi connectivity index (χ0v) is 19.8. The largest absolute Gasteiger partial charge is 0.462 e. The van der Waals surface area contributed by atoms with Crippen LogP contribution in [0.2, 0.25) is 5.15 Å². The van der Waals surface area contributed by atoms with Crippen molar-refractivity contribution in [2.45, 2.75) is 52.6 Å². The Kier molecular flexibility index (Phi) is 7.90. The van der Waals surface area contributed by atoms with E-state index < -0.39 is 0 Å². The molecule has 3 rings (SSSR count). The van der Waals surface area contributed by atoms with Crippen molar-refractivity contribution in [1.29, 1.82) is 0 Å². The Labute approximate surface area is 190 Å². The van der Waals surface area contributed by atoms with Gasteiger partial charge in [-0.25, -0.2) is 14.8 Å². The SMILES string of the molecule is CCN[C@@H]1CN(c2nc(C)c(C(=O)OCC)s2)CC[C@H]1NC(=O)c1nc(Cl)c(CC)[nH]1. The molecule has 0 saturated carbocycles. The summed E-state index contributed by atoms with van der Waals surface area (Å²) in [4.78, 5) is 39.3. The molecule has 1 aliphatic heterocycles. The van der Waals surface area contributed by atoms with Crippen molar-refractivity contribution < 1.29 is 14.3 Å². The summed E-state index contributed by atoms with van der Waals surface area (Å²) in [6.07, 6.45) is 1.41. The number of nitrogens with one attached hydrogen (secondary N) is 3. The number of halogens is 1. The molecule has 0 aliphatic carbocycles. The third-order valence-corrected chi connectivity index (χ3v) is 6.72. The molecule has 170 valence electrons. The number of imidazole rings is 1. The quantitative estimate of drug-likeness (QED) is 0.510. The molecule has 1 amide bonds. The Balaban J connectivity index is 1.69. The Morgan fingerprint density at radius 3 is 2.71 bits per heavy atom. The van der Waals surface area contributed by atoms with Crippen LogP contribution in [-0.2, 0) is 11.2 Å². The van der Waals surface area contributed by atoms with Gasteiger partial charge < -0.3 is 25.3 Å². The highest BCUT2D eigenvalue weighted by molar-refractivity contribution is 7.17. The molecule has 2 aromatic heterocycles. The summed E-state index contributed by atoms with van der Waals surface area (Å²) >= 11 is 7.42. The second-order valence-electron chi connectivity index (χ2n) is 7.32. The van der Waals surface area contributed by atoms with E-state index in [1.54, 1.807) is 6.92 Å². The summed E-state index contributed by atoms with van der Waals surface area (Å²) in [7, 11) is 0. The summed E-state index contributed by atoms with van der Waals surface area (Å²) in [5.74, 6) is -0.371. The van der Waals surface area contributed by atoms with Crippen LogP contribution in [0.15, 0.2) is 0 Å². The first-order valence-corrected chi connectivity index (χ1v) is 11.7. The summed E-state index contributed by atoms with van der Waals surface area (Å²) < 4.78 is 5.12. The highest BCUT2D eigenvalue weighted by atomic mass is 35.5. The number of ether oxygens (including phenoxy) is 1. The molecule has 1 fully saturated rings. The number of carbonyl (C=O) groups is 2. The van der Waals surface area contributed by atoms with Gasteiger partial charge in [0.2, 0.25) is 0 Å². The second kappa shape index (κ2) is 10.4. The minimum absolute atomic E-state index is 0.0222. The number of hydrogen-bond acceptors (Lipinski definition) is 8. The molecular formula is C20H29ClN6O3S. The predicted molar refractivity (Wildman–Crippen MR) is 121 cm³/mol. The number of aromatic nitrogens is 3. The highest BCUT2D eigenvalue weighted by Crippen LogP contribution is 2.29. The zero-order chi connectivity index (χ0) is 22.5. The number of anilines is 1. The standard InChI is InChI=1S/C20H29ClN6O3S/c1-5-12-16(21)26-17(24-12)18(28)25-13-8-9-27(10-14(13)22-6-2)20-23-11(4)15(31-20)19(29)30-7-3/h13-14,22H,5-10H2,1-4H3,(H,24,26)(H,25,28)/t13-,14-/m1/s1. The van der Waals surface area contributed by atoms with E-state index in [9.17, 15) is 9.59 Å². The predicted octanol–water partition coefficient (Wildman–Crippen LogP) is 2.55. The van der Waals surface area contributed by atoms with Crippen molar-refractivity contribution in [2.75, 3.05) is 31.1 Å². The van der Waals surface area contributed by atoms with E-state index >= 15 is 0 Å². The maximum atomic E-state index is 12.7. The zero-order valence-electron chi connectivity index (χ0n) is 18.2. The number of H-pyrrole nitrogens is 1. The number of nitrogens with zero attached hydrogens (tertiary/aromatic N) is 3. The number of aryl methyl sites for hydroxylation is 2. The molecule has 31 heavy (non-hydrogen) atoms. The number of likely N-dealkylation sites (N-methyl/N-ethyl adjacent to an activating group) is 1. The van der Waals surface area contributed by atoms with Gasteiger partial charge in [-0.15, -0.1) is 0 Å². The number of amides is 1. The summed E-state index contributed by atoms with van der Waals surface area (Å²) in [5.41, 5.74) is 1.43. The van der Waals surface area contributed by atoms with Crippen LogP contribution >= 0.6 is 22.9 Å². The number of carbonyl (C=O) groups excluding carboxylic acids is 2. The second-order valence-corrected chi connectivity index (χ2v) is 8.65. The molecule has 1 aliphatic rings. The van der Waals surface area contributed by atoms with Gasteiger partial charge in [-0.1, -0.05) is 36.8 Å². The van der Waals surface area contributed by atoms with E-state index in [0.29, 0.717) is 41.8 Å². The smallest absolute Gasteiger partial charge is 0.350 e. The van der Waals surface area contributed by atoms with Gasteiger partial charge in [0, 0.05) is 25.2 Å². The van der Waals surface area contributed by atoms with Crippen molar-refractivity contribution in [3.8, 4) is 0 Å². The highest BCUT2D eigenvalue weighted by Gasteiger charge is 2.32. The van der Waals surface area contributed by atoms with Gasteiger partial charge in [-0.2, -0.15) is 0 Å². The molecule has 2 aromatic rings. The van der Waals surface area contributed by atoms with Crippen molar-refractivity contribution in [3.63, 3.8) is 0 Å². The normalized spacial score (nSPS) is 18.8. The Bertz CT molecular complexity index is 930. The summed E-state index contributed by atoms with van der Waals surface area (Å²) in [5, 5.41) is 7.67. The van der Waals surface area contributed by atoms with Crippen molar-refractivity contribution in [3.05, 3.63) is 27.2 Å². The van der Waals surface area contributed by atoms with E-state index in [1.807, 2.05) is 20.8 Å². The first kappa shape index (κ1) is 23.5. The Morgan fingerprint density at radius 2 is 2.06 bits per heavy atom. The Hall–Kier alpha value is -2.17. The van der Waals surface area contributed by atoms with Crippen LogP contribution in [0, 0.1) is 6.92 Å². The monoisotopic (exact) mass is 468 g/mol. The van der Waals surface area contributed by atoms with Gasteiger partial charge in [0.05, 0.1) is 18.0 Å². The topological polar surface area (TPSA) is 112 Å². The number of hydrogen-bond donors (Lipinski definition) is 3. The number of aromatic amines is 1. The average molecular weight is 469 g/mol. The number of rotatable bonds is 8. The van der Waals surface area contributed by atoms with Crippen LogP contribution in [0.3, 0.4) is 0 Å². The van der Waals surface area contributed by atoms with E-state index in [1.165, 1.54) is 11.3 Å². The molecule has 9 nitrogen and oxygen atoms in total. The van der Waals surface area contributed by atoms with Crippen molar-refractivity contribution in [1.82, 2.24) is 25.6 Å². The molecule has 0 spiro atoms. The lowest BCUT2D eigenvalue weighted by atomic mass is 9.99. The fraction of sp³-hybridized carbons (Fsp3) is 0.600. The molecule has 0 aromatic carbocycles. The Morgan fingerprint density at radius 1 is 1.29 bits per heavy atom. The van der Waals surface area contributed by atoms with Crippen molar-refractivity contribution in [2.24, 2.45) is 0 Å². The maximum absolute atomic E-state index is 12.7. The van der Waals surface area contributed by atoms with E-state index in [0.717, 1.165) is 23.8 Å². The van der Waals surface area contributed by atoms with Crippen LogP contribution < -0.4 is 15.5 Å². The van der Waals surface area contributed by atoms with E-state index in [4.69, 9.17) is 16.3 Å². The number of esters is 1. The first-order valence-electron chi connectivity index (χ1n) is 10.6. The number of piperidine rings is 1. The molecule has 0 bridgehead atoms. The van der Waals surface area contributed by atoms with Crippen LogP contribution in [0.1, 0.15) is 58.9 Å². The third-order valence-electron chi connectivity index (χ3n) is 5.21. The molecule has 1 saturated heterocycles. The molecular weight excluding hydrogens is 440 g/mol. The minimum Gasteiger partial charge on any atom is -0.462 e. The van der Waals surface area contributed by atoms with Gasteiger partial charge in [-0.3, -0.25) is 4.79 Å². The van der Waals surface area contributed by atoms with Gasteiger partial charge in [0.25, 0.3) is 5.91 Å². The fourth-order valence-electron chi connectivity index (χ4n) is 3.64. The lowest BCUT2D eigenvalue weighted by Gasteiger charge is -2.39. The van der Waals surface area contributed by atoms with Crippen LogP contribution in [0.4, 0.5) is 5.13 Å². The van der Waals surface area contributed by atoms with Crippen LogP contribution in [0.25, 0.3) is 0 Å². The van der Waals surface area contributed by atoms with Crippen LogP contribution in [-0.4, -0.2) is 65.2 Å². The average Bonchev–Trinajstić information content (AvgIpc) is 3.32. The molecule has 0 radical (unpaired) electrons. The van der Waals surface area contributed by atoms with Gasteiger partial charge >= 0.3 is 5.97 Å².